The minimum Gasteiger partial charge on any atom is -0.504 e. The number of rotatable bonds is 5. The van der Waals surface area contributed by atoms with Crippen molar-refractivity contribution in [3.05, 3.63) is 89.5 Å². The lowest BCUT2D eigenvalue weighted by molar-refractivity contribution is -0.193. The number of nitrogens with one attached hydrogen (secondary N) is 1. The molecule has 3 aliphatic rings. The van der Waals surface area contributed by atoms with Crippen molar-refractivity contribution >= 4 is 24.0 Å². The fourth-order valence-electron chi connectivity index (χ4n) is 6.22. The predicted molar refractivity (Wildman–Crippen MR) is 141 cm³/mol. The van der Waals surface area contributed by atoms with E-state index in [1.807, 2.05) is 54.6 Å². The number of ether oxygens (including phenoxy) is 4. The maximum atomic E-state index is 14.0. The number of fused-ring (bicyclic) bond motifs is 6. The third kappa shape index (κ3) is 3.53. The van der Waals surface area contributed by atoms with Crippen molar-refractivity contribution in [2.24, 2.45) is 10.9 Å². The number of hydrogen-bond acceptors (Lipinski definition) is 9. The molecule has 0 aromatic heterocycles. The molecule has 3 aromatic carbocycles. The Labute approximate surface area is 225 Å². The molecule has 9 nitrogen and oxygen atoms in total. The van der Waals surface area contributed by atoms with Crippen LogP contribution in [-0.4, -0.2) is 42.2 Å². The van der Waals surface area contributed by atoms with Crippen molar-refractivity contribution < 1.29 is 33.6 Å². The first-order valence-corrected chi connectivity index (χ1v) is 13.0. The Morgan fingerprint density at radius 2 is 1.64 bits per heavy atom. The van der Waals surface area contributed by atoms with Crippen molar-refractivity contribution in [2.45, 2.75) is 37.1 Å². The molecule has 39 heavy (non-hydrogen) atoms. The quantitative estimate of drug-likeness (QED) is 0.373. The monoisotopic (exact) mass is 528 g/mol. The molecule has 2 N–H and O–H groups in total. The zero-order chi connectivity index (χ0) is 27.2. The highest BCUT2D eigenvalue weighted by Crippen LogP contribution is 2.64. The molecular weight excluding hydrogens is 500 g/mol. The van der Waals surface area contributed by atoms with Crippen LogP contribution in [0.3, 0.4) is 0 Å². The number of hydrogen-bond donors (Lipinski definition) is 2. The summed E-state index contributed by atoms with van der Waals surface area (Å²) in [5, 5.41) is 14.3. The van der Waals surface area contributed by atoms with E-state index in [2.05, 4.69) is 10.3 Å². The smallest absolute Gasteiger partial charge is 0.338 e. The lowest BCUT2D eigenvalue weighted by Crippen LogP contribution is -2.60. The number of aromatic hydroxyl groups is 1. The first kappa shape index (κ1) is 24.9. The predicted octanol–water partition coefficient (Wildman–Crippen LogP) is 4.24. The molecule has 1 spiro atoms. The molecule has 0 unspecified atom stereocenters. The summed E-state index contributed by atoms with van der Waals surface area (Å²) in [6, 6.07) is 20.9. The fraction of sp³-hybridized carbons (Fsp3) is 0.300. The largest absolute Gasteiger partial charge is 0.504 e. The Hall–Kier alpha value is -4.37. The van der Waals surface area contributed by atoms with Crippen LogP contribution in [0.1, 0.15) is 42.5 Å². The third-order valence-corrected chi connectivity index (χ3v) is 7.67. The molecule has 200 valence electrons. The second-order valence-electron chi connectivity index (χ2n) is 9.62. The number of esters is 2. The van der Waals surface area contributed by atoms with Gasteiger partial charge in [-0.15, -0.1) is 0 Å². The second kappa shape index (κ2) is 9.43. The lowest BCUT2D eigenvalue weighted by atomic mass is 9.67. The molecule has 0 radical (unpaired) electrons. The third-order valence-electron chi connectivity index (χ3n) is 7.67. The van der Waals surface area contributed by atoms with E-state index in [4.69, 9.17) is 18.9 Å². The summed E-state index contributed by atoms with van der Waals surface area (Å²) < 4.78 is 24.1. The molecule has 6 rings (SSSR count). The van der Waals surface area contributed by atoms with Crippen LogP contribution in [0.25, 0.3) is 0 Å². The van der Waals surface area contributed by atoms with Crippen LogP contribution >= 0.6 is 0 Å². The van der Waals surface area contributed by atoms with E-state index in [9.17, 15) is 14.7 Å². The lowest BCUT2D eigenvalue weighted by Gasteiger charge is -2.47. The number of phenolic OH excluding ortho intramolecular Hbond substituents is 1. The first-order chi connectivity index (χ1) is 19.0. The maximum Gasteiger partial charge on any atom is 0.338 e. The minimum atomic E-state index is -1.95. The van der Waals surface area contributed by atoms with Crippen LogP contribution in [0.5, 0.6) is 11.5 Å². The van der Waals surface area contributed by atoms with Gasteiger partial charge in [0, 0.05) is 17.5 Å². The van der Waals surface area contributed by atoms with Gasteiger partial charge in [-0.25, -0.2) is 14.6 Å². The van der Waals surface area contributed by atoms with Crippen LogP contribution in [0.4, 0.5) is 5.69 Å². The molecular formula is C30H28N2O7. The summed E-state index contributed by atoms with van der Waals surface area (Å²) in [5.74, 6) is -4.58. The Morgan fingerprint density at radius 3 is 2.36 bits per heavy atom. The average molecular weight is 529 g/mol. The van der Waals surface area contributed by atoms with Crippen molar-refractivity contribution in [3.8, 4) is 11.5 Å². The van der Waals surface area contributed by atoms with E-state index >= 15 is 0 Å². The molecule has 9 heteroatoms. The summed E-state index contributed by atoms with van der Waals surface area (Å²) in [5.41, 5.74) is 0.527. The van der Waals surface area contributed by atoms with Gasteiger partial charge in [0.05, 0.1) is 30.4 Å². The normalized spacial score (nSPS) is 25.4. The van der Waals surface area contributed by atoms with Gasteiger partial charge in [-0.3, -0.25) is 5.32 Å². The molecule has 0 saturated carbocycles. The number of benzene rings is 3. The van der Waals surface area contributed by atoms with Crippen molar-refractivity contribution in [2.75, 3.05) is 13.2 Å². The topological polar surface area (TPSA) is 116 Å². The van der Waals surface area contributed by atoms with E-state index in [0.29, 0.717) is 22.4 Å². The molecule has 0 amide bonds. The number of carbonyl (C=O) groups excluding carboxylic acids is 2. The average Bonchev–Trinajstić information content (AvgIpc) is 3.34. The van der Waals surface area contributed by atoms with Gasteiger partial charge in [-0.2, -0.15) is 0 Å². The maximum absolute atomic E-state index is 14.0. The van der Waals surface area contributed by atoms with Crippen molar-refractivity contribution in [1.29, 1.82) is 0 Å². The molecule has 3 aromatic rings. The van der Waals surface area contributed by atoms with Gasteiger partial charge in [-0.1, -0.05) is 54.6 Å². The number of phenols is 1. The highest BCUT2D eigenvalue weighted by Gasteiger charge is 2.73. The van der Waals surface area contributed by atoms with Gasteiger partial charge >= 0.3 is 11.9 Å². The minimum absolute atomic E-state index is 0.0590. The van der Waals surface area contributed by atoms with Gasteiger partial charge in [-0.05, 0) is 37.6 Å². The molecule has 3 aliphatic heterocycles. The van der Waals surface area contributed by atoms with Crippen LogP contribution in [0, 0.1) is 5.92 Å². The van der Waals surface area contributed by atoms with Crippen molar-refractivity contribution in [1.82, 2.24) is 5.32 Å². The summed E-state index contributed by atoms with van der Waals surface area (Å²) in [4.78, 5) is 32.3. The second-order valence-corrected chi connectivity index (χ2v) is 9.62. The first-order valence-electron chi connectivity index (χ1n) is 13.0. The van der Waals surface area contributed by atoms with E-state index in [0.717, 1.165) is 0 Å². The van der Waals surface area contributed by atoms with Crippen LogP contribution in [0.15, 0.2) is 77.8 Å². The number of aliphatic imine (C=N–C) groups is 1. The summed E-state index contributed by atoms with van der Waals surface area (Å²) in [6.07, 6.45) is 1.31. The standard InChI is InChI=1S/C30H28N2O7/c1-3-36-27(34)29(28(35)37-4-2)23(18-11-6-5-7-12-18)24-25(32-29)19-13-10-16-22(33)26(19)39-30(24)20-14-8-9-15-21(20)31-17-38-30/h5-17,23-25,32-33H,3-4H2,1-2H3/t23-,24-,25-,30+/m1/s1. The summed E-state index contributed by atoms with van der Waals surface area (Å²) in [7, 11) is 0. The van der Waals surface area contributed by atoms with E-state index in [1.165, 1.54) is 12.5 Å². The van der Waals surface area contributed by atoms with Crippen LogP contribution in [0.2, 0.25) is 0 Å². The molecule has 1 saturated heterocycles. The molecule has 3 heterocycles. The molecule has 0 bridgehead atoms. The molecule has 1 fully saturated rings. The number of carbonyl (C=O) groups is 2. The zero-order valence-corrected chi connectivity index (χ0v) is 21.5. The molecule has 4 atom stereocenters. The van der Waals surface area contributed by atoms with Gasteiger partial charge in [0.15, 0.2) is 17.9 Å². The fourth-order valence-corrected chi connectivity index (χ4v) is 6.22. The van der Waals surface area contributed by atoms with Gasteiger partial charge in [0.1, 0.15) is 0 Å². The number of nitrogens with zero attached hydrogens (tertiary/aromatic N) is 1. The number of para-hydroxylation sites is 2. The Morgan fingerprint density at radius 1 is 0.949 bits per heavy atom. The summed E-state index contributed by atoms with van der Waals surface area (Å²) >= 11 is 0. The van der Waals surface area contributed by atoms with Crippen molar-refractivity contribution in [3.63, 3.8) is 0 Å². The highest BCUT2D eigenvalue weighted by molar-refractivity contribution is 6.07. The van der Waals surface area contributed by atoms with Crippen LogP contribution in [-0.2, 0) is 29.6 Å². The van der Waals surface area contributed by atoms with Gasteiger partial charge in [0.2, 0.25) is 5.54 Å². The van der Waals surface area contributed by atoms with Crippen LogP contribution < -0.4 is 10.1 Å². The van der Waals surface area contributed by atoms with Gasteiger partial charge < -0.3 is 24.1 Å². The SMILES string of the molecule is CCOC(=O)C1(C(=O)OCC)N[C@@H]2c3cccc(O)c3O[C@]3(OC=Nc4ccccc43)[C@@H]2[C@H]1c1ccccc1. The highest BCUT2D eigenvalue weighted by atomic mass is 16.7. The molecule has 0 aliphatic carbocycles. The Balaban J connectivity index is 1.69. The zero-order valence-electron chi connectivity index (χ0n) is 21.5. The van der Waals surface area contributed by atoms with E-state index in [-0.39, 0.29) is 24.7 Å². The van der Waals surface area contributed by atoms with Gasteiger partial charge in [0.25, 0.3) is 5.79 Å². The Bertz CT molecular complexity index is 1440. The Kier molecular flexibility index (Phi) is 6.03. The van der Waals surface area contributed by atoms with E-state index in [1.54, 1.807) is 26.0 Å². The summed E-state index contributed by atoms with van der Waals surface area (Å²) in [6.45, 7) is 3.49. The van der Waals surface area contributed by atoms with E-state index < -0.39 is 41.1 Å².